The Bertz CT molecular complexity index is 542. The first-order chi connectivity index (χ1) is 8.28. The third kappa shape index (κ3) is 1.88. The van der Waals surface area contributed by atoms with Crippen molar-refractivity contribution in [3.63, 3.8) is 0 Å². The maximum absolute atomic E-state index is 4.61. The van der Waals surface area contributed by atoms with Crippen LogP contribution in [0.1, 0.15) is 24.5 Å². The summed E-state index contributed by atoms with van der Waals surface area (Å²) >= 11 is 0. The van der Waals surface area contributed by atoms with Crippen LogP contribution in [0.3, 0.4) is 0 Å². The lowest BCUT2D eigenvalue weighted by Gasteiger charge is -2.07. The summed E-state index contributed by atoms with van der Waals surface area (Å²) < 4.78 is 1.94. The molecule has 5 heteroatoms. The molecule has 0 spiro atoms. The highest BCUT2D eigenvalue weighted by molar-refractivity contribution is 5.50. The Morgan fingerprint density at radius 1 is 1.35 bits per heavy atom. The topological polar surface area (TPSA) is 55.6 Å². The lowest BCUT2D eigenvalue weighted by atomic mass is 10.2. The number of aromatic nitrogens is 4. The summed E-state index contributed by atoms with van der Waals surface area (Å²) in [5.41, 5.74) is 1.13. The van der Waals surface area contributed by atoms with Gasteiger partial charge in [0.25, 0.3) is 0 Å². The number of aryl methyl sites for hydroxylation is 1. The van der Waals surface area contributed by atoms with Gasteiger partial charge in [0, 0.05) is 44.2 Å². The normalized spacial score (nSPS) is 14.9. The van der Waals surface area contributed by atoms with Crippen LogP contribution in [0.15, 0.2) is 18.5 Å². The van der Waals surface area contributed by atoms with E-state index in [0.29, 0.717) is 11.7 Å². The lowest BCUT2D eigenvalue weighted by molar-refractivity contribution is 0.894. The van der Waals surface area contributed by atoms with E-state index in [1.807, 2.05) is 30.9 Å². The second kappa shape index (κ2) is 3.84. The monoisotopic (exact) mass is 229 g/mol. The van der Waals surface area contributed by atoms with E-state index in [9.17, 15) is 0 Å². The molecule has 0 bridgehead atoms. The van der Waals surface area contributed by atoms with Gasteiger partial charge in [0.15, 0.2) is 11.6 Å². The van der Waals surface area contributed by atoms with Gasteiger partial charge in [-0.25, -0.2) is 15.0 Å². The Morgan fingerprint density at radius 2 is 2.18 bits per heavy atom. The minimum absolute atomic E-state index is 0.615. The second-order valence-electron chi connectivity index (χ2n) is 4.39. The molecule has 1 aliphatic rings. The SMILES string of the molecule is CNc1cc(C2CC2)nc(-c2nccn2C)n1. The molecule has 0 saturated heterocycles. The molecule has 1 N–H and O–H groups in total. The van der Waals surface area contributed by atoms with Crippen molar-refractivity contribution in [2.24, 2.45) is 7.05 Å². The minimum Gasteiger partial charge on any atom is -0.373 e. The summed E-state index contributed by atoms with van der Waals surface area (Å²) in [4.78, 5) is 13.4. The van der Waals surface area contributed by atoms with Crippen molar-refractivity contribution in [1.82, 2.24) is 19.5 Å². The van der Waals surface area contributed by atoms with Crippen molar-refractivity contribution in [1.29, 1.82) is 0 Å². The number of imidazole rings is 1. The first-order valence-corrected chi connectivity index (χ1v) is 5.82. The summed E-state index contributed by atoms with van der Waals surface area (Å²) in [5, 5.41) is 3.08. The molecule has 3 rings (SSSR count). The summed E-state index contributed by atoms with van der Waals surface area (Å²) in [5.74, 6) is 2.99. The standard InChI is InChI=1S/C12H15N5/c1-13-10-7-9(8-3-4-8)15-11(16-10)12-14-5-6-17(12)2/h5-8H,3-4H2,1-2H3,(H,13,15,16). The maximum atomic E-state index is 4.61. The van der Waals surface area contributed by atoms with Gasteiger partial charge in [-0.05, 0) is 12.8 Å². The van der Waals surface area contributed by atoms with Gasteiger partial charge >= 0.3 is 0 Å². The van der Waals surface area contributed by atoms with E-state index in [1.165, 1.54) is 12.8 Å². The highest BCUT2D eigenvalue weighted by Gasteiger charge is 2.26. The minimum atomic E-state index is 0.615. The van der Waals surface area contributed by atoms with Crippen molar-refractivity contribution in [2.75, 3.05) is 12.4 Å². The molecule has 0 radical (unpaired) electrons. The van der Waals surface area contributed by atoms with Gasteiger partial charge in [0.05, 0.1) is 0 Å². The molecule has 2 heterocycles. The van der Waals surface area contributed by atoms with Gasteiger partial charge in [-0.2, -0.15) is 0 Å². The van der Waals surface area contributed by atoms with Crippen LogP contribution in [0.25, 0.3) is 11.6 Å². The van der Waals surface area contributed by atoms with E-state index in [0.717, 1.165) is 17.3 Å². The first-order valence-electron chi connectivity index (χ1n) is 5.82. The van der Waals surface area contributed by atoms with E-state index >= 15 is 0 Å². The average Bonchev–Trinajstić information content (AvgIpc) is 3.11. The fraction of sp³-hybridized carbons (Fsp3) is 0.417. The third-order valence-corrected chi connectivity index (χ3v) is 3.02. The number of hydrogen-bond acceptors (Lipinski definition) is 4. The van der Waals surface area contributed by atoms with Gasteiger partial charge in [-0.3, -0.25) is 0 Å². The summed E-state index contributed by atoms with van der Waals surface area (Å²) in [7, 11) is 3.83. The molecular formula is C12H15N5. The van der Waals surface area contributed by atoms with Crippen LogP contribution < -0.4 is 5.32 Å². The molecular weight excluding hydrogens is 214 g/mol. The predicted molar refractivity (Wildman–Crippen MR) is 65.8 cm³/mol. The second-order valence-corrected chi connectivity index (χ2v) is 4.39. The zero-order valence-corrected chi connectivity index (χ0v) is 10.0. The van der Waals surface area contributed by atoms with Gasteiger partial charge in [0.2, 0.25) is 0 Å². The van der Waals surface area contributed by atoms with Crippen LogP contribution in [0.4, 0.5) is 5.82 Å². The van der Waals surface area contributed by atoms with E-state index < -0.39 is 0 Å². The first kappa shape index (κ1) is 10.3. The quantitative estimate of drug-likeness (QED) is 0.872. The Labute approximate surface area is 99.9 Å². The van der Waals surface area contributed by atoms with Crippen LogP contribution in [0.2, 0.25) is 0 Å². The molecule has 1 saturated carbocycles. The van der Waals surface area contributed by atoms with Gasteiger partial charge in [-0.1, -0.05) is 0 Å². The molecule has 1 aliphatic carbocycles. The molecule has 2 aromatic rings. The predicted octanol–water partition coefficient (Wildman–Crippen LogP) is 1.80. The molecule has 5 nitrogen and oxygen atoms in total. The molecule has 88 valence electrons. The van der Waals surface area contributed by atoms with Gasteiger partial charge < -0.3 is 9.88 Å². The van der Waals surface area contributed by atoms with Crippen LogP contribution in [-0.4, -0.2) is 26.6 Å². The smallest absolute Gasteiger partial charge is 0.198 e. The number of nitrogens with zero attached hydrogens (tertiary/aromatic N) is 4. The number of anilines is 1. The zero-order valence-electron chi connectivity index (χ0n) is 10.0. The van der Waals surface area contributed by atoms with Crippen LogP contribution in [0.5, 0.6) is 0 Å². The Balaban J connectivity index is 2.09. The zero-order chi connectivity index (χ0) is 11.8. The number of rotatable bonds is 3. The van der Waals surface area contributed by atoms with Crippen molar-refractivity contribution >= 4 is 5.82 Å². The average molecular weight is 229 g/mol. The van der Waals surface area contributed by atoms with Crippen LogP contribution in [0, 0.1) is 0 Å². The van der Waals surface area contributed by atoms with E-state index in [2.05, 4.69) is 20.3 Å². The van der Waals surface area contributed by atoms with Crippen molar-refractivity contribution in [3.8, 4) is 11.6 Å². The molecule has 1 fully saturated rings. The largest absolute Gasteiger partial charge is 0.373 e. The van der Waals surface area contributed by atoms with E-state index in [1.54, 1.807) is 6.20 Å². The fourth-order valence-corrected chi connectivity index (χ4v) is 1.86. The highest BCUT2D eigenvalue weighted by atomic mass is 15.1. The molecule has 0 amide bonds. The molecule has 0 unspecified atom stereocenters. The molecule has 0 aliphatic heterocycles. The molecule has 17 heavy (non-hydrogen) atoms. The van der Waals surface area contributed by atoms with E-state index in [4.69, 9.17) is 0 Å². The van der Waals surface area contributed by atoms with E-state index in [-0.39, 0.29) is 0 Å². The summed E-state index contributed by atoms with van der Waals surface area (Å²) in [6.45, 7) is 0. The molecule has 2 aromatic heterocycles. The van der Waals surface area contributed by atoms with Crippen molar-refractivity contribution in [2.45, 2.75) is 18.8 Å². The maximum Gasteiger partial charge on any atom is 0.198 e. The van der Waals surface area contributed by atoms with Crippen LogP contribution in [-0.2, 0) is 7.05 Å². The number of nitrogens with one attached hydrogen (secondary N) is 1. The Hall–Kier alpha value is -1.91. The summed E-state index contributed by atoms with van der Waals surface area (Å²) in [6, 6.07) is 2.03. The Kier molecular flexibility index (Phi) is 2.31. The third-order valence-electron chi connectivity index (χ3n) is 3.02. The van der Waals surface area contributed by atoms with Crippen LogP contribution >= 0.6 is 0 Å². The fourth-order valence-electron chi connectivity index (χ4n) is 1.86. The number of hydrogen-bond donors (Lipinski definition) is 1. The highest BCUT2D eigenvalue weighted by Crippen LogP contribution is 2.40. The molecule has 0 atom stereocenters. The lowest BCUT2D eigenvalue weighted by Crippen LogP contribution is -2.03. The van der Waals surface area contributed by atoms with Crippen molar-refractivity contribution in [3.05, 3.63) is 24.2 Å². The van der Waals surface area contributed by atoms with Gasteiger partial charge in [0.1, 0.15) is 5.82 Å². The van der Waals surface area contributed by atoms with Crippen molar-refractivity contribution < 1.29 is 0 Å². The Morgan fingerprint density at radius 3 is 2.76 bits per heavy atom. The van der Waals surface area contributed by atoms with Gasteiger partial charge in [-0.15, -0.1) is 0 Å². The molecule has 0 aromatic carbocycles. The summed E-state index contributed by atoms with van der Waals surface area (Å²) in [6.07, 6.45) is 6.14.